The second kappa shape index (κ2) is 6.69. The number of aromatic amines is 2. The fraction of sp³-hybridized carbons (Fsp3) is 0.375. The second-order valence-corrected chi connectivity index (χ2v) is 5.56. The fourth-order valence-electron chi connectivity index (χ4n) is 2.77. The number of benzene rings is 1. The van der Waals surface area contributed by atoms with Crippen molar-refractivity contribution >= 4 is 6.03 Å². The van der Waals surface area contributed by atoms with Gasteiger partial charge in [0.2, 0.25) is 0 Å². The molecule has 8 heteroatoms. The van der Waals surface area contributed by atoms with Gasteiger partial charge in [-0.3, -0.25) is 9.89 Å². The van der Waals surface area contributed by atoms with Crippen LogP contribution in [-0.4, -0.2) is 41.9 Å². The summed E-state index contributed by atoms with van der Waals surface area (Å²) in [4.78, 5) is 25.6. The first kappa shape index (κ1) is 16.0. The van der Waals surface area contributed by atoms with Crippen molar-refractivity contribution in [3.8, 4) is 11.5 Å². The molecular weight excluding hydrogens is 312 g/mol. The van der Waals surface area contributed by atoms with Gasteiger partial charge < -0.3 is 24.8 Å². The van der Waals surface area contributed by atoms with Crippen LogP contribution in [0, 0.1) is 0 Å². The molecule has 0 spiro atoms. The van der Waals surface area contributed by atoms with Gasteiger partial charge in [0.1, 0.15) is 0 Å². The fourth-order valence-corrected chi connectivity index (χ4v) is 2.77. The van der Waals surface area contributed by atoms with E-state index in [1.165, 1.54) is 0 Å². The number of carbonyl (C=O) groups excluding carboxylic acids is 1. The lowest BCUT2D eigenvalue weighted by Crippen LogP contribution is -2.43. The molecule has 0 aliphatic carbocycles. The van der Waals surface area contributed by atoms with Gasteiger partial charge in [-0.2, -0.15) is 0 Å². The van der Waals surface area contributed by atoms with E-state index < -0.39 is 0 Å². The molecule has 2 heterocycles. The Morgan fingerprint density at radius 1 is 1.25 bits per heavy atom. The van der Waals surface area contributed by atoms with Crippen LogP contribution in [0.1, 0.15) is 16.8 Å². The highest BCUT2D eigenvalue weighted by molar-refractivity contribution is 5.74. The van der Waals surface area contributed by atoms with E-state index in [2.05, 4.69) is 15.5 Å². The van der Waals surface area contributed by atoms with Crippen molar-refractivity contribution in [2.75, 3.05) is 20.8 Å². The number of aromatic nitrogens is 2. The van der Waals surface area contributed by atoms with Gasteiger partial charge in [-0.25, -0.2) is 4.79 Å². The van der Waals surface area contributed by atoms with Crippen molar-refractivity contribution in [3.63, 3.8) is 0 Å². The van der Waals surface area contributed by atoms with E-state index in [4.69, 9.17) is 9.47 Å². The molecule has 0 radical (unpaired) electrons. The van der Waals surface area contributed by atoms with Gasteiger partial charge in [0.05, 0.1) is 26.3 Å². The first-order chi connectivity index (χ1) is 11.6. The van der Waals surface area contributed by atoms with E-state index in [-0.39, 0.29) is 11.6 Å². The van der Waals surface area contributed by atoms with Gasteiger partial charge in [0, 0.05) is 25.2 Å². The average Bonchev–Trinajstić information content (AvgIpc) is 2.99. The molecule has 2 aromatic rings. The maximum absolute atomic E-state index is 12.3. The lowest BCUT2D eigenvalue weighted by atomic mass is 10.1. The van der Waals surface area contributed by atoms with Crippen LogP contribution < -0.4 is 20.3 Å². The number of rotatable bonds is 4. The molecule has 1 aliphatic rings. The summed E-state index contributed by atoms with van der Waals surface area (Å²) in [5, 5.41) is 8.27. The van der Waals surface area contributed by atoms with Crippen molar-refractivity contribution < 1.29 is 14.3 Å². The Hall–Kier alpha value is -2.90. The number of methoxy groups -OCH3 is 2. The number of urea groups is 1. The zero-order valence-electron chi connectivity index (χ0n) is 13.6. The summed E-state index contributed by atoms with van der Waals surface area (Å²) in [7, 11) is 3.15. The van der Waals surface area contributed by atoms with Crippen LogP contribution in [0.4, 0.5) is 4.79 Å². The summed E-state index contributed by atoms with van der Waals surface area (Å²) in [6.45, 7) is 1.25. The van der Waals surface area contributed by atoms with E-state index in [0.29, 0.717) is 43.1 Å². The molecule has 0 bridgehead atoms. The van der Waals surface area contributed by atoms with E-state index in [0.717, 1.165) is 11.3 Å². The number of H-pyrrole nitrogens is 2. The zero-order valence-corrected chi connectivity index (χ0v) is 13.6. The number of nitrogens with one attached hydrogen (secondary N) is 3. The molecule has 2 amide bonds. The van der Waals surface area contributed by atoms with Crippen molar-refractivity contribution in [2.45, 2.75) is 19.5 Å². The monoisotopic (exact) mass is 332 g/mol. The van der Waals surface area contributed by atoms with Crippen LogP contribution >= 0.6 is 0 Å². The van der Waals surface area contributed by atoms with E-state index >= 15 is 0 Å². The van der Waals surface area contributed by atoms with Crippen molar-refractivity contribution in [1.29, 1.82) is 0 Å². The molecule has 3 rings (SSSR count). The van der Waals surface area contributed by atoms with Crippen LogP contribution in [0.25, 0.3) is 0 Å². The smallest absolute Gasteiger partial charge is 0.317 e. The van der Waals surface area contributed by atoms with Gasteiger partial charge in [-0.1, -0.05) is 6.07 Å². The number of hydrogen-bond donors (Lipinski definition) is 3. The van der Waals surface area contributed by atoms with Crippen LogP contribution in [0.5, 0.6) is 11.5 Å². The summed E-state index contributed by atoms with van der Waals surface area (Å²) >= 11 is 0. The highest BCUT2D eigenvalue weighted by Gasteiger charge is 2.23. The van der Waals surface area contributed by atoms with Crippen molar-refractivity contribution in [3.05, 3.63) is 45.4 Å². The molecular formula is C16H20N4O4. The first-order valence-corrected chi connectivity index (χ1v) is 7.64. The Kier molecular flexibility index (Phi) is 4.45. The Balaban J connectivity index is 1.62. The molecule has 3 N–H and O–H groups in total. The summed E-state index contributed by atoms with van der Waals surface area (Å²) in [6, 6.07) is 5.29. The predicted molar refractivity (Wildman–Crippen MR) is 87.3 cm³/mol. The lowest BCUT2D eigenvalue weighted by Gasteiger charge is -2.26. The summed E-state index contributed by atoms with van der Waals surface area (Å²) in [5.41, 5.74) is 2.24. The number of hydrogen-bond acceptors (Lipinski definition) is 4. The van der Waals surface area contributed by atoms with E-state index in [1.807, 2.05) is 12.1 Å². The number of ether oxygens (including phenoxy) is 2. The normalized spacial score (nSPS) is 13.3. The zero-order chi connectivity index (χ0) is 17.1. The topological polar surface area (TPSA) is 99.5 Å². The molecule has 0 fully saturated rings. The van der Waals surface area contributed by atoms with Crippen molar-refractivity contribution in [1.82, 2.24) is 20.4 Å². The standard InChI is InChI=1S/C16H20N4O4/c1-23-13-4-3-10(7-14(13)24-2)8-17-16(22)20-6-5-12-11(9-20)15(21)19-18-12/h3-4,7H,5-6,8-9H2,1-2H3,(H,17,22)(H2,18,19,21). The molecule has 1 aromatic heterocycles. The third-order valence-electron chi connectivity index (χ3n) is 4.12. The Morgan fingerprint density at radius 3 is 2.79 bits per heavy atom. The number of fused-ring (bicyclic) bond motifs is 1. The highest BCUT2D eigenvalue weighted by atomic mass is 16.5. The number of nitrogens with zero attached hydrogens (tertiary/aromatic N) is 1. The van der Waals surface area contributed by atoms with Crippen LogP contribution in [0.2, 0.25) is 0 Å². The third-order valence-corrected chi connectivity index (χ3v) is 4.12. The van der Waals surface area contributed by atoms with Crippen LogP contribution in [0.3, 0.4) is 0 Å². The summed E-state index contributed by atoms with van der Waals surface area (Å²) in [6.07, 6.45) is 0.637. The first-order valence-electron chi connectivity index (χ1n) is 7.64. The van der Waals surface area contributed by atoms with E-state index in [1.54, 1.807) is 25.2 Å². The average molecular weight is 332 g/mol. The Labute approximate surface area is 138 Å². The minimum atomic E-state index is -0.198. The molecule has 0 saturated heterocycles. The molecule has 1 aliphatic heterocycles. The Morgan fingerprint density at radius 2 is 2.04 bits per heavy atom. The van der Waals surface area contributed by atoms with Gasteiger partial charge in [-0.05, 0) is 17.7 Å². The largest absolute Gasteiger partial charge is 0.493 e. The molecule has 0 atom stereocenters. The molecule has 128 valence electrons. The Bertz CT molecular complexity index is 796. The molecule has 0 saturated carbocycles. The summed E-state index contributed by atoms with van der Waals surface area (Å²) in [5.74, 6) is 1.26. The molecule has 8 nitrogen and oxygen atoms in total. The van der Waals surface area contributed by atoms with E-state index in [9.17, 15) is 9.59 Å². The predicted octanol–water partition coefficient (Wildman–Crippen LogP) is 0.988. The molecule has 1 aromatic carbocycles. The van der Waals surface area contributed by atoms with Crippen LogP contribution in [-0.2, 0) is 19.5 Å². The SMILES string of the molecule is COc1ccc(CNC(=O)N2CCc3[nH][nH]c(=O)c3C2)cc1OC. The van der Waals surface area contributed by atoms with Crippen LogP contribution in [0.15, 0.2) is 23.0 Å². The summed E-state index contributed by atoms with van der Waals surface area (Å²) < 4.78 is 10.4. The van der Waals surface area contributed by atoms with Crippen molar-refractivity contribution in [2.24, 2.45) is 0 Å². The highest BCUT2D eigenvalue weighted by Crippen LogP contribution is 2.27. The lowest BCUT2D eigenvalue weighted by molar-refractivity contribution is 0.191. The van der Waals surface area contributed by atoms with Gasteiger partial charge in [0.15, 0.2) is 11.5 Å². The van der Waals surface area contributed by atoms with Gasteiger partial charge in [-0.15, -0.1) is 0 Å². The number of carbonyl (C=O) groups is 1. The quantitative estimate of drug-likeness (QED) is 0.777. The third kappa shape index (κ3) is 3.08. The minimum Gasteiger partial charge on any atom is -0.493 e. The molecule has 24 heavy (non-hydrogen) atoms. The number of amides is 2. The van der Waals surface area contributed by atoms with Gasteiger partial charge >= 0.3 is 6.03 Å². The maximum Gasteiger partial charge on any atom is 0.317 e. The van der Waals surface area contributed by atoms with Gasteiger partial charge in [0.25, 0.3) is 5.56 Å². The second-order valence-electron chi connectivity index (χ2n) is 5.56. The maximum atomic E-state index is 12.3. The minimum absolute atomic E-state index is 0.164. The molecule has 0 unspecified atom stereocenters.